The van der Waals surface area contributed by atoms with E-state index >= 15 is 0 Å². The Labute approximate surface area is 197 Å². The topological polar surface area (TPSA) is 87.1 Å². The normalized spacial score (nSPS) is 14.8. The summed E-state index contributed by atoms with van der Waals surface area (Å²) in [6, 6.07) is 13.8. The summed E-state index contributed by atoms with van der Waals surface area (Å²) in [7, 11) is 0. The number of hydrogen-bond donors (Lipinski definition) is 1. The zero-order chi connectivity index (χ0) is 23.7. The van der Waals surface area contributed by atoms with Crippen molar-refractivity contribution in [1.82, 2.24) is 9.80 Å². The molecule has 1 saturated heterocycles. The maximum Gasteiger partial charge on any atom is 0.339 e. The van der Waals surface area contributed by atoms with Crippen molar-refractivity contribution in [3.63, 3.8) is 0 Å². The lowest BCUT2D eigenvalue weighted by Gasteiger charge is -2.34. The van der Waals surface area contributed by atoms with Gasteiger partial charge in [-0.15, -0.1) is 0 Å². The predicted molar refractivity (Wildman–Crippen MR) is 131 cm³/mol. The Bertz CT molecular complexity index is 1380. The molecular formula is C27H28N2O5. The van der Waals surface area contributed by atoms with E-state index in [-0.39, 0.29) is 18.9 Å². The van der Waals surface area contributed by atoms with E-state index in [4.69, 9.17) is 13.9 Å². The van der Waals surface area contributed by atoms with Gasteiger partial charge in [-0.25, -0.2) is 4.79 Å². The number of aliphatic hydroxyl groups excluding tert-OH is 1. The van der Waals surface area contributed by atoms with Gasteiger partial charge in [0.05, 0.1) is 12.9 Å². The predicted octanol–water partition coefficient (Wildman–Crippen LogP) is 3.58. The molecule has 1 aliphatic rings. The molecule has 7 nitrogen and oxygen atoms in total. The summed E-state index contributed by atoms with van der Waals surface area (Å²) in [4.78, 5) is 29.5. The molecule has 1 amide bonds. The number of rotatable bonds is 6. The standard InChI is InChI=1S/C27H28N2O5/c1-18-20(7-8-26(31)29-11-9-28(10-12-29)13-14-30)27(32)34-25-16-24-22(15-21(18)25)23(17-33-24)19-5-3-2-4-6-19/h2-6,15-17,30H,7-14H2,1H3. The van der Waals surface area contributed by atoms with E-state index < -0.39 is 5.63 Å². The third-order valence-electron chi connectivity index (χ3n) is 6.80. The highest BCUT2D eigenvalue weighted by Gasteiger charge is 2.22. The highest BCUT2D eigenvalue weighted by Crippen LogP contribution is 2.34. The average Bonchev–Trinajstić information content (AvgIpc) is 3.27. The van der Waals surface area contributed by atoms with Crippen molar-refractivity contribution in [2.24, 2.45) is 0 Å². The van der Waals surface area contributed by atoms with Crippen LogP contribution in [0.3, 0.4) is 0 Å². The van der Waals surface area contributed by atoms with E-state index in [1.54, 1.807) is 12.3 Å². The first-order chi connectivity index (χ1) is 16.5. The number of amides is 1. The van der Waals surface area contributed by atoms with E-state index in [2.05, 4.69) is 4.90 Å². The molecule has 0 radical (unpaired) electrons. The molecule has 176 valence electrons. The fraction of sp³-hybridized carbons (Fsp3) is 0.333. The molecule has 5 rings (SSSR count). The molecule has 0 unspecified atom stereocenters. The van der Waals surface area contributed by atoms with Crippen molar-refractivity contribution in [3.05, 3.63) is 70.3 Å². The molecule has 1 fully saturated rings. The third-order valence-corrected chi connectivity index (χ3v) is 6.80. The van der Waals surface area contributed by atoms with Gasteiger partial charge in [0.2, 0.25) is 5.91 Å². The van der Waals surface area contributed by atoms with E-state index in [9.17, 15) is 9.59 Å². The lowest BCUT2D eigenvalue weighted by Crippen LogP contribution is -2.49. The molecule has 0 saturated carbocycles. The minimum atomic E-state index is -0.403. The minimum absolute atomic E-state index is 0.0409. The summed E-state index contributed by atoms with van der Waals surface area (Å²) < 4.78 is 11.4. The summed E-state index contributed by atoms with van der Waals surface area (Å²) in [5.41, 5.74) is 4.18. The molecule has 0 spiro atoms. The fourth-order valence-electron chi connectivity index (χ4n) is 4.79. The molecule has 1 N–H and O–H groups in total. The largest absolute Gasteiger partial charge is 0.464 e. The highest BCUT2D eigenvalue weighted by molar-refractivity contribution is 6.02. The molecule has 0 atom stereocenters. The number of carbonyl (C=O) groups excluding carboxylic acids is 1. The number of benzene rings is 2. The first-order valence-electron chi connectivity index (χ1n) is 11.7. The van der Waals surface area contributed by atoms with Crippen LogP contribution in [0.25, 0.3) is 33.1 Å². The average molecular weight is 461 g/mol. The molecule has 34 heavy (non-hydrogen) atoms. The van der Waals surface area contributed by atoms with Crippen LogP contribution in [-0.4, -0.2) is 60.1 Å². The van der Waals surface area contributed by atoms with Crippen LogP contribution in [0.1, 0.15) is 17.5 Å². The Kier molecular flexibility index (Phi) is 6.22. The van der Waals surface area contributed by atoms with Crippen molar-refractivity contribution in [2.75, 3.05) is 39.3 Å². The van der Waals surface area contributed by atoms with Gasteiger partial charge in [0.25, 0.3) is 0 Å². The van der Waals surface area contributed by atoms with E-state index in [0.29, 0.717) is 42.8 Å². The smallest absolute Gasteiger partial charge is 0.339 e. The lowest BCUT2D eigenvalue weighted by atomic mass is 9.99. The first-order valence-corrected chi connectivity index (χ1v) is 11.7. The quantitative estimate of drug-likeness (QED) is 0.443. The van der Waals surface area contributed by atoms with E-state index in [0.717, 1.165) is 40.6 Å². The highest BCUT2D eigenvalue weighted by atomic mass is 16.4. The van der Waals surface area contributed by atoms with Gasteiger partial charge in [0.1, 0.15) is 11.2 Å². The van der Waals surface area contributed by atoms with E-state index in [1.165, 1.54) is 0 Å². The number of piperazine rings is 1. The molecule has 0 aliphatic carbocycles. The molecule has 7 heteroatoms. The zero-order valence-electron chi connectivity index (χ0n) is 19.3. The van der Waals surface area contributed by atoms with Crippen molar-refractivity contribution in [3.8, 4) is 11.1 Å². The second-order valence-electron chi connectivity index (χ2n) is 8.80. The maximum absolute atomic E-state index is 12.8. The van der Waals surface area contributed by atoms with E-state index in [1.807, 2.05) is 48.2 Å². The van der Waals surface area contributed by atoms with Crippen molar-refractivity contribution < 1.29 is 18.7 Å². The monoisotopic (exact) mass is 460 g/mol. The van der Waals surface area contributed by atoms with Crippen LogP contribution in [0.2, 0.25) is 0 Å². The number of furan rings is 1. The van der Waals surface area contributed by atoms with Gasteiger partial charge in [-0.1, -0.05) is 30.3 Å². The molecule has 4 aromatic rings. The summed E-state index contributed by atoms with van der Waals surface area (Å²) in [6.45, 7) is 5.48. The number of fused-ring (bicyclic) bond motifs is 2. The molecule has 0 bridgehead atoms. The fourth-order valence-corrected chi connectivity index (χ4v) is 4.79. The zero-order valence-corrected chi connectivity index (χ0v) is 19.3. The first kappa shape index (κ1) is 22.4. The Morgan fingerprint density at radius 3 is 2.53 bits per heavy atom. The van der Waals surface area contributed by atoms with Gasteiger partial charge in [-0.3, -0.25) is 9.69 Å². The van der Waals surface area contributed by atoms with Crippen LogP contribution in [0, 0.1) is 6.92 Å². The second kappa shape index (κ2) is 9.44. The van der Waals surface area contributed by atoms with Crippen molar-refractivity contribution in [2.45, 2.75) is 19.8 Å². The number of β-amino-alcohol motifs (C(OH)–C–C–N with tert-alkyl or cyclic N) is 1. The van der Waals surface area contributed by atoms with Gasteiger partial charge in [-0.2, -0.15) is 0 Å². The Hall–Kier alpha value is -3.42. The van der Waals surface area contributed by atoms with Gasteiger partial charge in [-0.05, 0) is 30.5 Å². The van der Waals surface area contributed by atoms with Crippen molar-refractivity contribution in [1.29, 1.82) is 0 Å². The Morgan fingerprint density at radius 2 is 1.79 bits per heavy atom. The summed E-state index contributed by atoms with van der Waals surface area (Å²) >= 11 is 0. The van der Waals surface area contributed by atoms with Crippen molar-refractivity contribution >= 4 is 27.8 Å². The second-order valence-corrected chi connectivity index (χ2v) is 8.80. The van der Waals surface area contributed by atoms with Crippen LogP contribution >= 0.6 is 0 Å². The van der Waals surface area contributed by atoms with Crippen LogP contribution < -0.4 is 5.63 Å². The van der Waals surface area contributed by atoms with Gasteiger partial charge < -0.3 is 18.8 Å². The molecule has 2 aromatic heterocycles. The number of nitrogens with zero attached hydrogens (tertiary/aromatic N) is 2. The molecule has 3 heterocycles. The summed E-state index contributed by atoms with van der Waals surface area (Å²) in [5, 5.41) is 10.9. The van der Waals surface area contributed by atoms with Crippen LogP contribution in [-0.2, 0) is 11.2 Å². The SMILES string of the molecule is Cc1c(CCC(=O)N2CCN(CCO)CC2)c(=O)oc2cc3occ(-c4ccccc4)c3cc12. The Morgan fingerprint density at radius 1 is 1.03 bits per heavy atom. The van der Waals surface area contributed by atoms with Gasteiger partial charge >= 0.3 is 5.63 Å². The lowest BCUT2D eigenvalue weighted by molar-refractivity contribution is -0.132. The maximum atomic E-state index is 12.8. The number of carbonyl (C=O) groups is 1. The minimum Gasteiger partial charge on any atom is -0.464 e. The molecular weight excluding hydrogens is 432 g/mol. The Balaban J connectivity index is 1.40. The van der Waals surface area contributed by atoms with Crippen LogP contribution in [0.15, 0.2) is 62.4 Å². The van der Waals surface area contributed by atoms with Gasteiger partial charge in [0.15, 0.2) is 0 Å². The summed E-state index contributed by atoms with van der Waals surface area (Å²) in [6.07, 6.45) is 2.33. The molecule has 1 aliphatic heterocycles. The van der Waals surface area contributed by atoms with Crippen LogP contribution in [0.4, 0.5) is 0 Å². The molecule has 2 aromatic carbocycles. The third kappa shape index (κ3) is 4.24. The van der Waals surface area contributed by atoms with Gasteiger partial charge in [0, 0.05) is 67.1 Å². The number of aryl methyl sites for hydroxylation is 1. The number of aliphatic hydroxyl groups is 1. The van der Waals surface area contributed by atoms with Crippen LogP contribution in [0.5, 0.6) is 0 Å². The summed E-state index contributed by atoms with van der Waals surface area (Å²) in [5.74, 6) is 0.0409. The number of hydrogen-bond acceptors (Lipinski definition) is 6.